The van der Waals surface area contributed by atoms with Crippen molar-refractivity contribution in [1.29, 1.82) is 0 Å². The van der Waals surface area contributed by atoms with Gasteiger partial charge in [0.25, 0.3) is 0 Å². The molecule has 1 aliphatic heterocycles. The summed E-state index contributed by atoms with van der Waals surface area (Å²) in [6.45, 7) is 0.796. The Morgan fingerprint density at radius 3 is 2.62 bits per heavy atom. The van der Waals surface area contributed by atoms with Gasteiger partial charge in [0, 0.05) is 31.3 Å². The molecule has 2 amide bonds. The summed E-state index contributed by atoms with van der Waals surface area (Å²) >= 11 is 0. The van der Waals surface area contributed by atoms with Gasteiger partial charge in [-0.15, -0.1) is 0 Å². The van der Waals surface area contributed by atoms with Gasteiger partial charge >= 0.3 is 0 Å². The second-order valence-electron chi connectivity index (χ2n) is 6.11. The molecule has 1 heterocycles. The first-order valence-electron chi connectivity index (χ1n) is 8.49. The van der Waals surface area contributed by atoms with Crippen LogP contribution in [0.4, 0.5) is 5.69 Å². The Kier molecular flexibility index (Phi) is 5.41. The third kappa shape index (κ3) is 3.79. The molecule has 0 aromatic heterocycles. The van der Waals surface area contributed by atoms with Crippen LogP contribution >= 0.6 is 0 Å². The molecule has 0 saturated carbocycles. The summed E-state index contributed by atoms with van der Waals surface area (Å²) in [6, 6.07) is 15.0. The molecular weight excluding hydrogens is 332 g/mol. The van der Waals surface area contributed by atoms with Gasteiger partial charge < -0.3 is 19.7 Å². The minimum atomic E-state index is -0.297. The highest BCUT2D eigenvalue weighted by Gasteiger charge is 2.34. The standard InChI is InChI=1S/C20H22N2O4/c1-21-20(24)15-11-19(23)22(12-15)16-7-9-17(10-8-16)26-13-14-5-3-4-6-18(14)25-2/h3-10,15H,11-13H2,1-2H3,(H,21,24). The molecule has 2 aromatic rings. The highest BCUT2D eigenvalue weighted by molar-refractivity contribution is 6.00. The zero-order chi connectivity index (χ0) is 18.5. The summed E-state index contributed by atoms with van der Waals surface area (Å²) in [6.07, 6.45) is 0.242. The molecule has 0 aliphatic carbocycles. The van der Waals surface area contributed by atoms with Crippen LogP contribution < -0.4 is 19.7 Å². The van der Waals surface area contributed by atoms with Crippen molar-refractivity contribution in [3.05, 3.63) is 54.1 Å². The van der Waals surface area contributed by atoms with Gasteiger partial charge in [0.2, 0.25) is 11.8 Å². The maximum absolute atomic E-state index is 12.2. The van der Waals surface area contributed by atoms with Crippen LogP contribution in [0.1, 0.15) is 12.0 Å². The van der Waals surface area contributed by atoms with E-state index in [2.05, 4.69) is 5.32 Å². The smallest absolute Gasteiger partial charge is 0.227 e. The van der Waals surface area contributed by atoms with Crippen molar-refractivity contribution in [2.45, 2.75) is 13.0 Å². The van der Waals surface area contributed by atoms with Crippen LogP contribution in [0.3, 0.4) is 0 Å². The minimum Gasteiger partial charge on any atom is -0.496 e. The molecule has 0 spiro atoms. The van der Waals surface area contributed by atoms with E-state index in [1.54, 1.807) is 19.1 Å². The number of methoxy groups -OCH3 is 1. The largest absolute Gasteiger partial charge is 0.496 e. The Balaban J connectivity index is 1.64. The lowest BCUT2D eigenvalue weighted by molar-refractivity contribution is -0.125. The molecule has 0 bridgehead atoms. The molecule has 26 heavy (non-hydrogen) atoms. The normalized spacial score (nSPS) is 16.5. The highest BCUT2D eigenvalue weighted by atomic mass is 16.5. The van der Waals surface area contributed by atoms with E-state index in [0.717, 1.165) is 17.0 Å². The van der Waals surface area contributed by atoms with E-state index in [0.29, 0.717) is 18.9 Å². The molecule has 1 fully saturated rings. The minimum absolute atomic E-state index is 0.0405. The molecule has 136 valence electrons. The summed E-state index contributed by atoms with van der Waals surface area (Å²) < 4.78 is 11.1. The number of carbonyl (C=O) groups excluding carboxylic acids is 2. The number of hydrogen-bond acceptors (Lipinski definition) is 4. The third-order valence-electron chi connectivity index (χ3n) is 4.48. The van der Waals surface area contributed by atoms with Gasteiger partial charge in [-0.05, 0) is 30.3 Å². The fourth-order valence-electron chi connectivity index (χ4n) is 3.04. The van der Waals surface area contributed by atoms with Crippen molar-refractivity contribution in [3.8, 4) is 11.5 Å². The lowest BCUT2D eigenvalue weighted by Crippen LogP contribution is -2.30. The van der Waals surface area contributed by atoms with E-state index < -0.39 is 0 Å². The van der Waals surface area contributed by atoms with Crippen molar-refractivity contribution in [1.82, 2.24) is 5.32 Å². The number of para-hydroxylation sites is 1. The quantitative estimate of drug-likeness (QED) is 0.865. The van der Waals surface area contributed by atoms with E-state index in [-0.39, 0.29) is 24.2 Å². The van der Waals surface area contributed by atoms with Crippen LogP contribution in [0.25, 0.3) is 0 Å². The number of amides is 2. The van der Waals surface area contributed by atoms with Crippen LogP contribution in [0.2, 0.25) is 0 Å². The Morgan fingerprint density at radius 2 is 1.92 bits per heavy atom. The molecule has 1 unspecified atom stereocenters. The van der Waals surface area contributed by atoms with E-state index in [9.17, 15) is 9.59 Å². The Bertz CT molecular complexity index is 789. The maximum Gasteiger partial charge on any atom is 0.227 e. The summed E-state index contributed by atoms with van der Waals surface area (Å²) in [5.41, 5.74) is 1.73. The van der Waals surface area contributed by atoms with Crippen LogP contribution in [-0.4, -0.2) is 32.5 Å². The van der Waals surface area contributed by atoms with Gasteiger partial charge in [0.1, 0.15) is 18.1 Å². The highest BCUT2D eigenvalue weighted by Crippen LogP contribution is 2.27. The summed E-state index contributed by atoms with van der Waals surface area (Å²) in [5, 5.41) is 2.60. The number of nitrogens with zero attached hydrogens (tertiary/aromatic N) is 1. The zero-order valence-electron chi connectivity index (χ0n) is 14.9. The molecule has 6 nitrogen and oxygen atoms in total. The third-order valence-corrected chi connectivity index (χ3v) is 4.48. The fraction of sp³-hybridized carbons (Fsp3) is 0.300. The maximum atomic E-state index is 12.2. The molecule has 2 aromatic carbocycles. The first kappa shape index (κ1) is 17.8. The average Bonchev–Trinajstić information content (AvgIpc) is 3.08. The molecule has 6 heteroatoms. The van der Waals surface area contributed by atoms with E-state index >= 15 is 0 Å². The van der Waals surface area contributed by atoms with Crippen LogP contribution in [0.5, 0.6) is 11.5 Å². The summed E-state index contributed by atoms with van der Waals surface area (Å²) in [5.74, 6) is 1.05. The van der Waals surface area contributed by atoms with Crippen LogP contribution in [0.15, 0.2) is 48.5 Å². The molecule has 1 N–H and O–H groups in total. The molecule has 1 aliphatic rings. The Labute approximate surface area is 152 Å². The summed E-state index contributed by atoms with van der Waals surface area (Å²) in [7, 11) is 3.22. The van der Waals surface area contributed by atoms with Gasteiger partial charge in [0.05, 0.1) is 13.0 Å². The second-order valence-corrected chi connectivity index (χ2v) is 6.11. The Hall–Kier alpha value is -3.02. The van der Waals surface area contributed by atoms with Gasteiger partial charge in [-0.1, -0.05) is 18.2 Å². The number of benzene rings is 2. The van der Waals surface area contributed by atoms with Crippen LogP contribution in [0, 0.1) is 5.92 Å². The number of rotatable bonds is 6. The van der Waals surface area contributed by atoms with E-state index in [4.69, 9.17) is 9.47 Å². The van der Waals surface area contributed by atoms with Crippen molar-refractivity contribution >= 4 is 17.5 Å². The lowest BCUT2D eigenvalue weighted by Gasteiger charge is -2.17. The number of hydrogen-bond donors (Lipinski definition) is 1. The van der Waals surface area contributed by atoms with Gasteiger partial charge in [-0.2, -0.15) is 0 Å². The van der Waals surface area contributed by atoms with Crippen molar-refractivity contribution in [2.75, 3.05) is 25.6 Å². The van der Waals surface area contributed by atoms with Gasteiger partial charge in [0.15, 0.2) is 0 Å². The lowest BCUT2D eigenvalue weighted by atomic mass is 10.1. The topological polar surface area (TPSA) is 67.9 Å². The Morgan fingerprint density at radius 1 is 1.19 bits per heavy atom. The van der Waals surface area contributed by atoms with Gasteiger partial charge in [-0.3, -0.25) is 9.59 Å². The molecule has 3 rings (SSSR count). The number of nitrogens with one attached hydrogen (secondary N) is 1. The molecular formula is C20H22N2O4. The molecule has 0 radical (unpaired) electrons. The first-order valence-corrected chi connectivity index (χ1v) is 8.49. The molecule has 1 saturated heterocycles. The fourth-order valence-corrected chi connectivity index (χ4v) is 3.04. The number of carbonyl (C=O) groups is 2. The molecule has 1 atom stereocenters. The predicted octanol–water partition coefficient (Wildman–Crippen LogP) is 2.37. The van der Waals surface area contributed by atoms with Crippen molar-refractivity contribution < 1.29 is 19.1 Å². The predicted molar refractivity (Wildman–Crippen MR) is 98.3 cm³/mol. The van der Waals surface area contributed by atoms with Crippen molar-refractivity contribution in [3.63, 3.8) is 0 Å². The van der Waals surface area contributed by atoms with E-state index in [1.165, 1.54) is 0 Å². The second kappa shape index (κ2) is 7.91. The summed E-state index contributed by atoms with van der Waals surface area (Å²) in [4.78, 5) is 25.6. The van der Waals surface area contributed by atoms with E-state index in [1.807, 2.05) is 48.5 Å². The average molecular weight is 354 g/mol. The SMILES string of the molecule is CNC(=O)C1CC(=O)N(c2ccc(OCc3ccccc3OC)cc2)C1. The van der Waals surface area contributed by atoms with Crippen molar-refractivity contribution in [2.24, 2.45) is 5.92 Å². The number of anilines is 1. The number of ether oxygens (including phenoxy) is 2. The monoisotopic (exact) mass is 354 g/mol. The zero-order valence-corrected chi connectivity index (χ0v) is 14.9. The van der Waals surface area contributed by atoms with Gasteiger partial charge in [-0.25, -0.2) is 0 Å². The first-order chi connectivity index (χ1) is 12.6. The van der Waals surface area contributed by atoms with Crippen LogP contribution in [-0.2, 0) is 16.2 Å².